The van der Waals surface area contributed by atoms with Crippen LogP contribution in [-0.4, -0.2) is 9.85 Å². The quantitative estimate of drug-likeness (QED) is 0.135. The molecular weight excluding hydrogens is 498 g/mol. The molecule has 0 unspecified atom stereocenters. The second-order valence-electron chi connectivity index (χ2n) is 7.64. The highest BCUT2D eigenvalue weighted by atomic mass is 79.9. The van der Waals surface area contributed by atoms with Crippen molar-refractivity contribution in [3.05, 3.63) is 122 Å². The Balaban J connectivity index is 1.86. The van der Waals surface area contributed by atoms with Crippen molar-refractivity contribution in [2.75, 3.05) is 4.90 Å². The van der Waals surface area contributed by atoms with Gasteiger partial charge in [0.15, 0.2) is 0 Å². The number of rotatable bonds is 5. The second-order valence-corrected chi connectivity index (χ2v) is 8.43. The summed E-state index contributed by atoms with van der Waals surface area (Å²) in [6.45, 7) is 0. The van der Waals surface area contributed by atoms with Crippen LogP contribution in [0.5, 0.6) is 0 Å². The Kier molecular flexibility index (Phi) is 5.43. The molecule has 7 nitrogen and oxygen atoms in total. The first-order valence-electron chi connectivity index (χ1n) is 10.3. The minimum Gasteiger partial charge on any atom is -0.309 e. The van der Waals surface area contributed by atoms with E-state index in [9.17, 15) is 20.2 Å². The molecule has 8 heteroatoms. The Hall–Kier alpha value is -4.30. The van der Waals surface area contributed by atoms with Crippen molar-refractivity contribution in [1.29, 1.82) is 0 Å². The molecule has 5 rings (SSSR count). The van der Waals surface area contributed by atoms with Gasteiger partial charge >= 0.3 is 0 Å². The van der Waals surface area contributed by atoms with Crippen molar-refractivity contribution in [2.45, 2.75) is 0 Å². The first kappa shape index (κ1) is 21.5. The van der Waals surface area contributed by atoms with Gasteiger partial charge in [-0.05, 0) is 51.0 Å². The van der Waals surface area contributed by atoms with Gasteiger partial charge in [-0.2, -0.15) is 0 Å². The molecule has 0 radical (unpaired) electrons. The van der Waals surface area contributed by atoms with E-state index in [0.717, 1.165) is 31.7 Å². The maximum Gasteiger partial charge on any atom is 0.269 e. The fourth-order valence-electron chi connectivity index (χ4n) is 4.15. The smallest absolute Gasteiger partial charge is 0.269 e. The summed E-state index contributed by atoms with van der Waals surface area (Å²) in [5.74, 6) is 0. The van der Waals surface area contributed by atoms with E-state index in [-0.39, 0.29) is 11.4 Å². The molecule has 0 fully saturated rings. The molecule has 0 aliphatic heterocycles. The lowest BCUT2D eigenvalue weighted by molar-refractivity contribution is -0.385. The molecule has 0 bridgehead atoms. The molecule has 0 saturated heterocycles. The fraction of sp³-hybridized carbons (Fsp3) is 0. The third-order valence-corrected chi connectivity index (χ3v) is 6.55. The molecule has 5 aromatic rings. The number of nitrogens with zero attached hydrogens (tertiary/aromatic N) is 3. The summed E-state index contributed by atoms with van der Waals surface area (Å²) >= 11 is 3.76. The largest absolute Gasteiger partial charge is 0.309 e. The van der Waals surface area contributed by atoms with Crippen LogP contribution in [0.25, 0.3) is 21.5 Å². The lowest BCUT2D eigenvalue weighted by Crippen LogP contribution is -2.11. The molecule has 5 aromatic carbocycles. The number of anilines is 3. The number of nitro benzene ring substituents is 2. The van der Waals surface area contributed by atoms with Gasteiger partial charge in [0.1, 0.15) is 0 Å². The van der Waals surface area contributed by atoms with Gasteiger partial charge in [0.25, 0.3) is 11.4 Å². The van der Waals surface area contributed by atoms with E-state index < -0.39 is 9.85 Å². The number of hydrogen-bond acceptors (Lipinski definition) is 5. The summed E-state index contributed by atoms with van der Waals surface area (Å²) in [6, 6.07) is 28.5. The third kappa shape index (κ3) is 3.64. The summed E-state index contributed by atoms with van der Waals surface area (Å²) < 4.78 is 0.967. The minimum absolute atomic E-state index is 0.0158. The maximum atomic E-state index is 11.2. The summed E-state index contributed by atoms with van der Waals surface area (Å²) in [6.07, 6.45) is 0. The average molecular weight is 514 g/mol. The first-order chi connectivity index (χ1) is 16.5. The molecule has 0 spiro atoms. The molecule has 0 aliphatic carbocycles. The zero-order valence-electron chi connectivity index (χ0n) is 17.6. The van der Waals surface area contributed by atoms with Gasteiger partial charge in [-0.15, -0.1) is 0 Å². The second kappa shape index (κ2) is 8.57. The zero-order chi connectivity index (χ0) is 23.8. The van der Waals surface area contributed by atoms with E-state index in [1.165, 1.54) is 24.3 Å². The number of fused-ring (bicyclic) bond motifs is 2. The molecule has 166 valence electrons. The highest BCUT2D eigenvalue weighted by molar-refractivity contribution is 9.10. The molecule has 0 aromatic heterocycles. The predicted molar refractivity (Wildman–Crippen MR) is 137 cm³/mol. The van der Waals surface area contributed by atoms with Crippen molar-refractivity contribution in [2.24, 2.45) is 0 Å². The van der Waals surface area contributed by atoms with Gasteiger partial charge in [0.05, 0.1) is 15.5 Å². The number of hydrogen-bond donors (Lipinski definition) is 0. The van der Waals surface area contributed by atoms with E-state index in [0.29, 0.717) is 11.4 Å². The lowest BCUT2D eigenvalue weighted by atomic mass is 9.99. The van der Waals surface area contributed by atoms with Crippen LogP contribution in [0, 0.1) is 20.2 Å². The zero-order valence-corrected chi connectivity index (χ0v) is 19.2. The van der Waals surface area contributed by atoms with E-state index in [1.54, 1.807) is 24.3 Å². The van der Waals surface area contributed by atoms with Crippen LogP contribution >= 0.6 is 15.9 Å². The van der Waals surface area contributed by atoms with Gasteiger partial charge in [-0.1, -0.05) is 48.5 Å². The van der Waals surface area contributed by atoms with E-state index in [2.05, 4.69) is 15.9 Å². The molecule has 0 amide bonds. The molecule has 0 saturated carbocycles. The van der Waals surface area contributed by atoms with Crippen molar-refractivity contribution >= 4 is 65.9 Å². The molecular formula is C26H16BrN3O4. The first-order valence-corrected chi connectivity index (χ1v) is 11.1. The average Bonchev–Trinajstić information content (AvgIpc) is 2.87. The van der Waals surface area contributed by atoms with Crippen LogP contribution in [0.3, 0.4) is 0 Å². The Morgan fingerprint density at radius 2 is 0.912 bits per heavy atom. The van der Waals surface area contributed by atoms with Crippen LogP contribution in [-0.2, 0) is 0 Å². The van der Waals surface area contributed by atoms with Gasteiger partial charge < -0.3 is 4.90 Å². The molecule has 0 heterocycles. The summed E-state index contributed by atoms with van der Waals surface area (Å²) in [7, 11) is 0. The highest BCUT2D eigenvalue weighted by Crippen LogP contribution is 2.46. The Morgan fingerprint density at radius 1 is 0.559 bits per heavy atom. The number of non-ortho nitro benzene ring substituents is 2. The summed E-state index contributed by atoms with van der Waals surface area (Å²) in [5, 5.41) is 26.4. The van der Waals surface area contributed by atoms with E-state index in [1.807, 2.05) is 53.4 Å². The van der Waals surface area contributed by atoms with E-state index >= 15 is 0 Å². The van der Waals surface area contributed by atoms with Crippen molar-refractivity contribution in [1.82, 2.24) is 0 Å². The lowest BCUT2D eigenvalue weighted by Gasteiger charge is -2.28. The topological polar surface area (TPSA) is 89.5 Å². The Bertz CT molecular complexity index is 1450. The van der Waals surface area contributed by atoms with Gasteiger partial charge in [0, 0.05) is 50.9 Å². The normalized spacial score (nSPS) is 11.0. The van der Waals surface area contributed by atoms with Crippen LogP contribution in [0.2, 0.25) is 0 Å². The predicted octanol–water partition coefficient (Wildman–Crippen LogP) is 8.04. The fourth-order valence-corrected chi connectivity index (χ4v) is 4.84. The van der Waals surface area contributed by atoms with Crippen LogP contribution in [0.4, 0.5) is 28.4 Å². The van der Waals surface area contributed by atoms with Gasteiger partial charge in [-0.25, -0.2) is 0 Å². The maximum absolute atomic E-state index is 11.2. The van der Waals surface area contributed by atoms with Crippen molar-refractivity contribution in [3.63, 3.8) is 0 Å². The van der Waals surface area contributed by atoms with E-state index in [4.69, 9.17) is 0 Å². The van der Waals surface area contributed by atoms with Crippen LogP contribution in [0.1, 0.15) is 0 Å². The monoisotopic (exact) mass is 513 g/mol. The van der Waals surface area contributed by atoms with Crippen molar-refractivity contribution in [3.8, 4) is 0 Å². The SMILES string of the molecule is O=[N+]([O-])c1ccc(N(c2ccc([N+](=O)[O-])cc2)c2c3ccccc3c(Br)c3ccccc23)cc1. The molecule has 0 N–H and O–H groups in total. The number of nitro groups is 2. The van der Waals surface area contributed by atoms with Crippen LogP contribution < -0.4 is 4.90 Å². The standard InChI is InChI=1S/C26H16BrN3O4/c27-25-21-5-1-3-7-23(21)26(24-8-4-2-6-22(24)25)28(17-9-13-19(14-10-17)29(31)32)18-11-15-20(16-12-18)30(33)34/h1-16H. The minimum atomic E-state index is -0.440. The van der Waals surface area contributed by atoms with Crippen LogP contribution in [0.15, 0.2) is 102 Å². The molecule has 0 aliphatic rings. The highest BCUT2D eigenvalue weighted by Gasteiger charge is 2.22. The number of halogens is 1. The summed E-state index contributed by atoms with van der Waals surface area (Å²) in [4.78, 5) is 23.6. The van der Waals surface area contributed by atoms with Crippen molar-refractivity contribution < 1.29 is 9.85 Å². The Morgan fingerprint density at radius 3 is 1.26 bits per heavy atom. The Labute approximate surface area is 202 Å². The molecule has 0 atom stereocenters. The summed E-state index contributed by atoms with van der Waals surface area (Å²) in [5.41, 5.74) is 2.22. The molecule has 34 heavy (non-hydrogen) atoms. The number of benzene rings is 5. The third-order valence-electron chi connectivity index (χ3n) is 5.70. The van der Waals surface area contributed by atoms with Gasteiger partial charge in [0.2, 0.25) is 0 Å². The van der Waals surface area contributed by atoms with Gasteiger partial charge in [-0.3, -0.25) is 20.2 Å².